The van der Waals surface area contributed by atoms with Gasteiger partial charge in [-0.3, -0.25) is 0 Å². The molecular weight excluding hydrogens is 214 g/mol. The van der Waals surface area contributed by atoms with Crippen LogP contribution in [-0.2, 0) is 0 Å². The fraction of sp³-hybridized carbons (Fsp3) is 0.846. The molecule has 1 unspecified atom stereocenters. The number of hydrogen-bond acceptors (Lipinski definition) is 4. The van der Waals surface area contributed by atoms with Crippen LogP contribution in [0.4, 0.5) is 0 Å². The maximum Gasteiger partial charge on any atom is 0.230 e. The highest BCUT2D eigenvalue weighted by Crippen LogP contribution is 2.73. The van der Waals surface area contributed by atoms with Crippen LogP contribution in [0, 0.1) is 10.8 Å². The number of rotatable bonds is 2. The van der Waals surface area contributed by atoms with Gasteiger partial charge in [-0.15, -0.1) is 0 Å². The first-order chi connectivity index (χ1) is 7.94. The van der Waals surface area contributed by atoms with Crippen molar-refractivity contribution in [2.75, 3.05) is 6.54 Å². The molecule has 1 aromatic heterocycles. The van der Waals surface area contributed by atoms with Gasteiger partial charge in [-0.05, 0) is 30.2 Å². The highest BCUT2D eigenvalue weighted by atomic mass is 16.5. The van der Waals surface area contributed by atoms with Crippen molar-refractivity contribution in [1.29, 1.82) is 0 Å². The predicted molar refractivity (Wildman–Crippen MR) is 64.6 cm³/mol. The van der Waals surface area contributed by atoms with Crippen LogP contribution in [0.25, 0.3) is 0 Å². The van der Waals surface area contributed by atoms with Crippen LogP contribution in [0.1, 0.15) is 64.2 Å². The van der Waals surface area contributed by atoms with E-state index < -0.39 is 0 Å². The second-order valence-electron chi connectivity index (χ2n) is 6.52. The summed E-state index contributed by atoms with van der Waals surface area (Å²) in [4.78, 5) is 4.61. The minimum Gasteiger partial charge on any atom is -0.339 e. The lowest BCUT2D eigenvalue weighted by Crippen LogP contribution is -2.14. The van der Waals surface area contributed by atoms with Gasteiger partial charge < -0.3 is 9.84 Å². The van der Waals surface area contributed by atoms with Gasteiger partial charge in [-0.25, -0.2) is 0 Å². The van der Waals surface area contributed by atoms with Crippen molar-refractivity contribution in [2.45, 2.75) is 52.5 Å². The molecule has 1 saturated heterocycles. The summed E-state index contributed by atoms with van der Waals surface area (Å²) in [6.07, 6.45) is 2.32. The first-order valence-corrected chi connectivity index (χ1v) is 6.51. The summed E-state index contributed by atoms with van der Waals surface area (Å²) in [6, 6.07) is 0.303. The maximum absolute atomic E-state index is 5.47. The predicted octanol–water partition coefficient (Wildman–Crippen LogP) is 2.64. The second kappa shape index (κ2) is 3.31. The van der Waals surface area contributed by atoms with Crippen LogP contribution < -0.4 is 5.32 Å². The summed E-state index contributed by atoms with van der Waals surface area (Å²) in [5, 5.41) is 7.54. The Kier molecular flexibility index (Phi) is 2.18. The number of nitrogens with zero attached hydrogens (tertiary/aromatic N) is 2. The van der Waals surface area contributed by atoms with Crippen molar-refractivity contribution < 1.29 is 4.52 Å². The van der Waals surface area contributed by atoms with Crippen molar-refractivity contribution in [2.24, 2.45) is 10.8 Å². The van der Waals surface area contributed by atoms with Crippen LogP contribution in [0.15, 0.2) is 4.52 Å². The summed E-state index contributed by atoms with van der Waals surface area (Å²) in [7, 11) is 0. The Morgan fingerprint density at radius 2 is 1.94 bits per heavy atom. The molecule has 2 fully saturated rings. The monoisotopic (exact) mass is 235 g/mol. The SMILES string of the molecule is CC1(C)C(c2nc(C3CCCN3)no2)C1(C)C. The van der Waals surface area contributed by atoms with Crippen molar-refractivity contribution in [1.82, 2.24) is 15.5 Å². The van der Waals surface area contributed by atoms with E-state index in [-0.39, 0.29) is 10.8 Å². The first-order valence-electron chi connectivity index (χ1n) is 6.51. The number of hydrogen-bond donors (Lipinski definition) is 1. The summed E-state index contributed by atoms with van der Waals surface area (Å²) in [5.41, 5.74) is 0.528. The molecule has 4 nitrogen and oxygen atoms in total. The van der Waals surface area contributed by atoms with Crippen LogP contribution in [0.2, 0.25) is 0 Å². The van der Waals surface area contributed by atoms with Gasteiger partial charge in [0, 0.05) is 5.92 Å². The smallest absolute Gasteiger partial charge is 0.230 e. The third kappa shape index (κ3) is 1.46. The van der Waals surface area contributed by atoms with Gasteiger partial charge in [-0.2, -0.15) is 4.98 Å². The molecule has 1 aromatic rings. The zero-order chi connectivity index (χ0) is 12.3. The molecule has 3 rings (SSSR count). The van der Waals surface area contributed by atoms with Gasteiger partial charge in [-0.1, -0.05) is 32.9 Å². The van der Waals surface area contributed by atoms with E-state index in [2.05, 4.69) is 43.2 Å². The zero-order valence-electron chi connectivity index (χ0n) is 11.1. The minimum absolute atomic E-state index is 0.264. The van der Waals surface area contributed by atoms with Crippen molar-refractivity contribution in [3.8, 4) is 0 Å². The molecule has 1 aliphatic heterocycles. The molecule has 0 aromatic carbocycles. The molecule has 1 atom stereocenters. The molecule has 0 amide bonds. The van der Waals surface area contributed by atoms with Gasteiger partial charge in [0.15, 0.2) is 5.82 Å². The number of nitrogens with one attached hydrogen (secondary N) is 1. The average Bonchev–Trinajstić information content (AvgIpc) is 2.75. The van der Waals surface area contributed by atoms with E-state index in [9.17, 15) is 0 Å². The van der Waals surface area contributed by atoms with E-state index in [1.165, 1.54) is 6.42 Å². The average molecular weight is 235 g/mol. The fourth-order valence-electron chi connectivity index (χ4n) is 3.22. The molecular formula is C13H21N3O. The Labute approximate surface area is 102 Å². The van der Waals surface area contributed by atoms with Crippen molar-refractivity contribution >= 4 is 0 Å². The highest BCUT2D eigenvalue weighted by Gasteiger charge is 2.68. The fourth-order valence-corrected chi connectivity index (χ4v) is 3.22. The van der Waals surface area contributed by atoms with E-state index in [1.54, 1.807) is 0 Å². The minimum atomic E-state index is 0.264. The molecule has 2 heterocycles. The van der Waals surface area contributed by atoms with Gasteiger partial charge in [0.1, 0.15) is 0 Å². The summed E-state index contributed by atoms with van der Waals surface area (Å²) in [5.74, 6) is 2.07. The third-order valence-electron chi connectivity index (χ3n) is 5.10. The second-order valence-corrected chi connectivity index (χ2v) is 6.52. The Balaban J connectivity index is 1.82. The number of aromatic nitrogens is 2. The van der Waals surface area contributed by atoms with Gasteiger partial charge in [0.05, 0.1) is 6.04 Å². The van der Waals surface area contributed by atoms with Crippen molar-refractivity contribution in [3.05, 3.63) is 11.7 Å². The maximum atomic E-state index is 5.47. The van der Waals surface area contributed by atoms with E-state index >= 15 is 0 Å². The molecule has 0 bridgehead atoms. The zero-order valence-corrected chi connectivity index (χ0v) is 11.1. The Hall–Kier alpha value is -0.900. The summed E-state index contributed by atoms with van der Waals surface area (Å²) >= 11 is 0. The molecule has 1 N–H and O–H groups in total. The molecule has 1 aliphatic carbocycles. The van der Waals surface area contributed by atoms with E-state index in [1.807, 2.05) is 0 Å². The largest absolute Gasteiger partial charge is 0.339 e. The van der Waals surface area contributed by atoms with Gasteiger partial charge >= 0.3 is 0 Å². The molecule has 0 spiro atoms. The molecule has 2 aliphatic rings. The summed E-state index contributed by atoms with van der Waals surface area (Å²) < 4.78 is 5.47. The van der Waals surface area contributed by atoms with Crippen LogP contribution in [0.5, 0.6) is 0 Å². The van der Waals surface area contributed by atoms with E-state index in [0.717, 1.165) is 24.7 Å². The Morgan fingerprint density at radius 3 is 2.47 bits per heavy atom. The molecule has 94 valence electrons. The Bertz CT molecular complexity index is 416. The van der Waals surface area contributed by atoms with E-state index in [0.29, 0.717) is 12.0 Å². The summed E-state index contributed by atoms with van der Waals surface area (Å²) in [6.45, 7) is 10.2. The van der Waals surface area contributed by atoms with Crippen molar-refractivity contribution in [3.63, 3.8) is 0 Å². The molecule has 4 heteroatoms. The standard InChI is InChI=1S/C13H21N3O/c1-12(2)9(13(12,3)4)11-15-10(16-17-11)8-6-5-7-14-8/h8-9,14H,5-7H2,1-4H3. The Morgan fingerprint density at radius 1 is 1.24 bits per heavy atom. The quantitative estimate of drug-likeness (QED) is 0.856. The molecule has 17 heavy (non-hydrogen) atoms. The third-order valence-corrected chi connectivity index (χ3v) is 5.10. The first kappa shape index (κ1) is 11.2. The van der Waals surface area contributed by atoms with Crippen LogP contribution in [-0.4, -0.2) is 16.7 Å². The lowest BCUT2D eigenvalue weighted by Gasteiger charge is -2.03. The lowest BCUT2D eigenvalue weighted by molar-refractivity contribution is 0.356. The lowest BCUT2D eigenvalue weighted by atomic mass is 10.0. The molecule has 1 saturated carbocycles. The van der Waals surface area contributed by atoms with E-state index in [4.69, 9.17) is 4.52 Å². The van der Waals surface area contributed by atoms with Gasteiger partial charge in [0.25, 0.3) is 0 Å². The van der Waals surface area contributed by atoms with Crippen LogP contribution >= 0.6 is 0 Å². The van der Waals surface area contributed by atoms with Gasteiger partial charge in [0.2, 0.25) is 5.89 Å². The topological polar surface area (TPSA) is 51.0 Å². The normalized spacial score (nSPS) is 30.7. The van der Waals surface area contributed by atoms with Crippen LogP contribution in [0.3, 0.4) is 0 Å². The molecule has 0 radical (unpaired) electrons. The highest BCUT2D eigenvalue weighted by molar-refractivity contribution is 5.25.